The summed E-state index contributed by atoms with van der Waals surface area (Å²) >= 11 is 1.56. The average Bonchev–Trinajstić information content (AvgIpc) is 3.05. The first-order chi connectivity index (χ1) is 9.22. The molecule has 1 saturated carbocycles. The second-order valence-corrected chi connectivity index (χ2v) is 6.18. The molecule has 2 heterocycles. The van der Waals surface area contributed by atoms with Crippen LogP contribution in [0.15, 0.2) is 11.4 Å². The van der Waals surface area contributed by atoms with E-state index < -0.39 is 0 Å². The summed E-state index contributed by atoms with van der Waals surface area (Å²) in [6.45, 7) is 0.970. The van der Waals surface area contributed by atoms with Gasteiger partial charge < -0.3 is 16.2 Å². The van der Waals surface area contributed by atoms with Crippen LogP contribution in [-0.2, 0) is 0 Å². The van der Waals surface area contributed by atoms with Crippen molar-refractivity contribution in [1.82, 2.24) is 9.97 Å². The van der Waals surface area contributed by atoms with E-state index in [1.165, 1.54) is 12.8 Å². The largest absolute Gasteiger partial charge is 0.396 e. The molecule has 0 atom stereocenters. The Bertz CT molecular complexity index is 577. The molecule has 0 unspecified atom stereocenters. The lowest BCUT2D eigenvalue weighted by Crippen LogP contribution is -2.30. The monoisotopic (exact) mass is 278 g/mol. The van der Waals surface area contributed by atoms with Gasteiger partial charge in [0.1, 0.15) is 10.6 Å². The molecular weight excluding hydrogens is 260 g/mol. The van der Waals surface area contributed by atoms with Gasteiger partial charge in [-0.2, -0.15) is 4.98 Å². The van der Waals surface area contributed by atoms with E-state index in [0.717, 1.165) is 35.4 Å². The van der Waals surface area contributed by atoms with E-state index in [0.29, 0.717) is 5.95 Å². The van der Waals surface area contributed by atoms with Crippen LogP contribution in [0.2, 0.25) is 0 Å². The van der Waals surface area contributed by atoms with Gasteiger partial charge in [-0.25, -0.2) is 4.98 Å². The molecule has 19 heavy (non-hydrogen) atoms. The highest BCUT2D eigenvalue weighted by atomic mass is 32.1. The minimum atomic E-state index is 0.00204. The third kappa shape index (κ3) is 2.37. The van der Waals surface area contributed by atoms with E-state index in [2.05, 4.69) is 15.3 Å². The maximum Gasteiger partial charge on any atom is 0.223 e. The predicted octanol–water partition coefficient (Wildman–Crippen LogP) is 2.24. The Morgan fingerprint density at radius 3 is 2.89 bits per heavy atom. The first kappa shape index (κ1) is 12.6. The zero-order chi connectivity index (χ0) is 13.3. The van der Waals surface area contributed by atoms with Crippen LogP contribution in [0.3, 0.4) is 0 Å². The minimum absolute atomic E-state index is 0.00204. The molecule has 6 heteroatoms. The maximum atomic E-state index is 9.63. The summed E-state index contributed by atoms with van der Waals surface area (Å²) in [6, 6.07) is 2.00. The molecule has 2 aromatic rings. The Morgan fingerprint density at radius 1 is 1.37 bits per heavy atom. The second-order valence-electron chi connectivity index (χ2n) is 5.29. The number of fused-ring (bicyclic) bond motifs is 1. The van der Waals surface area contributed by atoms with Crippen LogP contribution in [0.25, 0.3) is 10.2 Å². The van der Waals surface area contributed by atoms with Gasteiger partial charge in [-0.05, 0) is 24.3 Å². The number of aliphatic hydroxyl groups excluding tert-OH is 1. The van der Waals surface area contributed by atoms with Gasteiger partial charge in [0.2, 0.25) is 5.95 Å². The number of aromatic nitrogens is 2. The molecule has 5 nitrogen and oxygen atoms in total. The van der Waals surface area contributed by atoms with Crippen molar-refractivity contribution < 1.29 is 5.11 Å². The number of aliphatic hydroxyl groups is 1. The number of anilines is 2. The van der Waals surface area contributed by atoms with Crippen LogP contribution < -0.4 is 11.1 Å². The number of nitrogens with zero attached hydrogens (tertiary/aromatic N) is 2. The molecule has 0 spiro atoms. The van der Waals surface area contributed by atoms with Gasteiger partial charge in [-0.1, -0.05) is 12.8 Å². The van der Waals surface area contributed by atoms with Crippen LogP contribution in [0.1, 0.15) is 25.7 Å². The molecule has 0 amide bonds. The number of thiophene rings is 1. The molecule has 0 aliphatic heterocycles. The Kier molecular flexibility index (Phi) is 3.28. The molecule has 0 aromatic carbocycles. The van der Waals surface area contributed by atoms with Crippen molar-refractivity contribution >= 4 is 33.3 Å². The Labute approximate surface area is 115 Å². The van der Waals surface area contributed by atoms with Gasteiger partial charge in [-0.3, -0.25) is 0 Å². The number of hydrogen-bond acceptors (Lipinski definition) is 6. The predicted molar refractivity (Wildman–Crippen MR) is 78.3 cm³/mol. The van der Waals surface area contributed by atoms with Crippen molar-refractivity contribution in [3.05, 3.63) is 11.4 Å². The van der Waals surface area contributed by atoms with E-state index in [1.807, 2.05) is 11.4 Å². The molecule has 1 aliphatic rings. The molecule has 0 bridgehead atoms. The second kappa shape index (κ2) is 4.94. The van der Waals surface area contributed by atoms with Crippen LogP contribution in [-0.4, -0.2) is 28.2 Å². The van der Waals surface area contributed by atoms with E-state index in [4.69, 9.17) is 5.73 Å². The van der Waals surface area contributed by atoms with E-state index in [-0.39, 0.29) is 12.0 Å². The lowest BCUT2D eigenvalue weighted by molar-refractivity contribution is 0.142. The smallest absolute Gasteiger partial charge is 0.223 e. The summed E-state index contributed by atoms with van der Waals surface area (Å²) in [6.07, 6.45) is 4.54. The topological polar surface area (TPSA) is 84.1 Å². The quantitative estimate of drug-likeness (QED) is 0.798. The van der Waals surface area contributed by atoms with Crippen molar-refractivity contribution in [3.63, 3.8) is 0 Å². The normalized spacial score (nSPS) is 17.9. The highest BCUT2D eigenvalue weighted by Crippen LogP contribution is 2.38. The molecule has 0 radical (unpaired) electrons. The number of nitrogen functional groups attached to an aromatic ring is 1. The minimum Gasteiger partial charge on any atom is -0.396 e. The summed E-state index contributed by atoms with van der Waals surface area (Å²) in [7, 11) is 0. The van der Waals surface area contributed by atoms with Gasteiger partial charge in [0, 0.05) is 12.0 Å². The zero-order valence-electron chi connectivity index (χ0n) is 10.7. The Morgan fingerprint density at radius 2 is 2.16 bits per heavy atom. The van der Waals surface area contributed by atoms with Crippen LogP contribution in [0.5, 0.6) is 0 Å². The SMILES string of the molecule is Nc1nc(NCC2(CO)CCCC2)c2ccsc2n1. The third-order valence-electron chi connectivity index (χ3n) is 3.97. The van der Waals surface area contributed by atoms with Crippen molar-refractivity contribution in [2.24, 2.45) is 5.41 Å². The molecule has 0 saturated heterocycles. The third-order valence-corrected chi connectivity index (χ3v) is 4.78. The van der Waals surface area contributed by atoms with E-state index in [1.54, 1.807) is 11.3 Å². The van der Waals surface area contributed by atoms with Gasteiger partial charge in [0.05, 0.1) is 12.0 Å². The molecule has 3 rings (SSSR count). The van der Waals surface area contributed by atoms with Crippen molar-refractivity contribution in [2.45, 2.75) is 25.7 Å². The molecule has 2 aromatic heterocycles. The lowest BCUT2D eigenvalue weighted by atomic mass is 9.87. The fourth-order valence-electron chi connectivity index (χ4n) is 2.79. The summed E-state index contributed by atoms with van der Waals surface area (Å²) in [5.74, 6) is 1.07. The van der Waals surface area contributed by atoms with Gasteiger partial charge in [-0.15, -0.1) is 11.3 Å². The number of nitrogens with one attached hydrogen (secondary N) is 1. The first-order valence-corrected chi connectivity index (χ1v) is 7.46. The first-order valence-electron chi connectivity index (χ1n) is 6.58. The molecule has 4 N–H and O–H groups in total. The summed E-state index contributed by atoms with van der Waals surface area (Å²) in [5, 5.41) is 16.0. The standard InChI is InChI=1S/C13H18N4OS/c14-12-16-10(9-3-6-19-11(9)17-12)15-7-13(8-18)4-1-2-5-13/h3,6,18H,1-2,4-5,7-8H2,(H3,14,15,16,17). The van der Waals surface area contributed by atoms with Crippen LogP contribution in [0, 0.1) is 5.41 Å². The Balaban J connectivity index is 1.83. The summed E-state index contributed by atoms with van der Waals surface area (Å²) in [5.41, 5.74) is 5.73. The van der Waals surface area contributed by atoms with Crippen molar-refractivity contribution in [1.29, 1.82) is 0 Å². The number of rotatable bonds is 4. The number of nitrogens with two attached hydrogens (primary N) is 1. The highest BCUT2D eigenvalue weighted by molar-refractivity contribution is 7.16. The van der Waals surface area contributed by atoms with Gasteiger partial charge >= 0.3 is 0 Å². The van der Waals surface area contributed by atoms with Crippen LogP contribution in [0.4, 0.5) is 11.8 Å². The van der Waals surface area contributed by atoms with Crippen molar-refractivity contribution in [2.75, 3.05) is 24.2 Å². The average molecular weight is 278 g/mol. The van der Waals surface area contributed by atoms with E-state index >= 15 is 0 Å². The fraction of sp³-hybridized carbons (Fsp3) is 0.538. The molecule has 102 valence electrons. The maximum absolute atomic E-state index is 9.63. The zero-order valence-corrected chi connectivity index (χ0v) is 11.5. The van der Waals surface area contributed by atoms with E-state index in [9.17, 15) is 5.11 Å². The fourth-order valence-corrected chi connectivity index (χ4v) is 3.56. The van der Waals surface area contributed by atoms with Crippen molar-refractivity contribution in [3.8, 4) is 0 Å². The number of hydrogen-bond donors (Lipinski definition) is 3. The lowest BCUT2D eigenvalue weighted by Gasteiger charge is -2.27. The highest BCUT2D eigenvalue weighted by Gasteiger charge is 2.33. The molecular formula is C13H18N4OS. The summed E-state index contributed by atoms with van der Waals surface area (Å²) in [4.78, 5) is 9.39. The molecule has 1 fully saturated rings. The molecule has 1 aliphatic carbocycles. The van der Waals surface area contributed by atoms with Crippen LogP contribution >= 0.6 is 11.3 Å². The van der Waals surface area contributed by atoms with Gasteiger partial charge in [0.25, 0.3) is 0 Å². The Hall–Kier alpha value is -1.40. The van der Waals surface area contributed by atoms with Gasteiger partial charge in [0.15, 0.2) is 0 Å². The summed E-state index contributed by atoms with van der Waals surface area (Å²) < 4.78 is 0.